The van der Waals surface area contributed by atoms with Crippen molar-refractivity contribution in [2.45, 2.75) is 44.1 Å². The normalized spacial score (nSPS) is 44.4. The molecular formula is C12H20N2O2. The topological polar surface area (TPSA) is 50.4 Å². The molecule has 1 amide bonds. The van der Waals surface area contributed by atoms with Gasteiger partial charge in [-0.15, -0.1) is 0 Å². The Hall–Kier alpha value is -0.770. The van der Waals surface area contributed by atoms with Crippen LogP contribution in [0.1, 0.15) is 38.5 Å². The predicted molar refractivity (Wildman–Crippen MR) is 59.6 cm³/mol. The number of amides is 1. The van der Waals surface area contributed by atoms with Crippen LogP contribution in [0.2, 0.25) is 0 Å². The van der Waals surface area contributed by atoms with Gasteiger partial charge in [-0.25, -0.2) is 4.79 Å². The third kappa shape index (κ3) is 1.69. The standard InChI is InChI=1S/C12H20N2O2/c1-13-16-11(15)14-12-5-8-2-9(6-12)4-10(3-8)7-12/h8-10,13H,2-7H2,1H3,(H,14,15). The van der Waals surface area contributed by atoms with E-state index in [-0.39, 0.29) is 11.6 Å². The second-order valence-corrected chi connectivity index (χ2v) is 5.92. The number of carbonyl (C=O) groups is 1. The van der Waals surface area contributed by atoms with Crippen LogP contribution in [0.25, 0.3) is 0 Å². The van der Waals surface area contributed by atoms with E-state index in [1.807, 2.05) is 0 Å². The molecule has 4 rings (SSSR count). The first-order valence-electron chi connectivity index (χ1n) is 6.35. The van der Waals surface area contributed by atoms with Gasteiger partial charge in [0.1, 0.15) is 0 Å². The van der Waals surface area contributed by atoms with Gasteiger partial charge in [-0.3, -0.25) is 0 Å². The molecule has 4 aliphatic carbocycles. The van der Waals surface area contributed by atoms with Crippen LogP contribution < -0.4 is 10.8 Å². The molecule has 0 saturated heterocycles. The lowest BCUT2D eigenvalue weighted by Gasteiger charge is -2.56. The minimum absolute atomic E-state index is 0.0582. The smallest absolute Gasteiger partial charge is 0.354 e. The molecule has 4 bridgehead atoms. The lowest BCUT2D eigenvalue weighted by molar-refractivity contribution is -0.0220. The summed E-state index contributed by atoms with van der Waals surface area (Å²) < 4.78 is 0. The summed E-state index contributed by atoms with van der Waals surface area (Å²) in [6.45, 7) is 0. The van der Waals surface area contributed by atoms with E-state index >= 15 is 0 Å². The average molecular weight is 224 g/mol. The van der Waals surface area contributed by atoms with Crippen molar-refractivity contribution in [3.63, 3.8) is 0 Å². The highest BCUT2D eigenvalue weighted by atomic mass is 16.7. The van der Waals surface area contributed by atoms with Gasteiger partial charge in [0, 0.05) is 12.6 Å². The van der Waals surface area contributed by atoms with Crippen LogP contribution in [0.15, 0.2) is 0 Å². The van der Waals surface area contributed by atoms with E-state index in [0.29, 0.717) is 0 Å². The largest absolute Gasteiger partial charge is 0.426 e. The number of carbonyl (C=O) groups excluding carboxylic acids is 1. The van der Waals surface area contributed by atoms with Crippen LogP contribution in [0.4, 0.5) is 4.79 Å². The van der Waals surface area contributed by atoms with Gasteiger partial charge in [-0.2, -0.15) is 5.48 Å². The summed E-state index contributed by atoms with van der Waals surface area (Å²) in [5.41, 5.74) is 2.50. The Balaban J connectivity index is 1.71. The van der Waals surface area contributed by atoms with Crippen LogP contribution in [0.3, 0.4) is 0 Å². The van der Waals surface area contributed by atoms with Gasteiger partial charge in [-0.05, 0) is 56.3 Å². The fraction of sp³-hybridized carbons (Fsp3) is 0.917. The summed E-state index contributed by atoms with van der Waals surface area (Å²) in [5.74, 6) is 2.54. The van der Waals surface area contributed by atoms with E-state index in [9.17, 15) is 4.79 Å². The molecule has 0 spiro atoms. The summed E-state index contributed by atoms with van der Waals surface area (Å²) in [7, 11) is 1.61. The number of hydrogen-bond acceptors (Lipinski definition) is 3. The molecule has 0 aromatic carbocycles. The van der Waals surface area contributed by atoms with E-state index in [2.05, 4.69) is 10.8 Å². The molecule has 90 valence electrons. The zero-order valence-corrected chi connectivity index (χ0v) is 9.79. The third-order valence-electron chi connectivity index (χ3n) is 4.60. The molecule has 0 aromatic heterocycles. The van der Waals surface area contributed by atoms with Gasteiger partial charge in [0.2, 0.25) is 0 Å². The van der Waals surface area contributed by atoms with E-state index < -0.39 is 0 Å². The van der Waals surface area contributed by atoms with Crippen LogP contribution in [0, 0.1) is 17.8 Å². The minimum Gasteiger partial charge on any atom is -0.354 e. The Kier molecular flexibility index (Phi) is 2.35. The molecule has 0 aromatic rings. The lowest BCUT2D eigenvalue weighted by atomic mass is 9.53. The van der Waals surface area contributed by atoms with Crippen LogP contribution in [0.5, 0.6) is 0 Å². The number of hydroxylamine groups is 1. The first-order chi connectivity index (χ1) is 7.69. The molecule has 4 aliphatic rings. The summed E-state index contributed by atoms with van der Waals surface area (Å²) in [4.78, 5) is 16.3. The summed E-state index contributed by atoms with van der Waals surface area (Å²) in [5, 5.41) is 3.10. The molecule has 4 fully saturated rings. The summed E-state index contributed by atoms with van der Waals surface area (Å²) >= 11 is 0. The highest BCUT2D eigenvalue weighted by Gasteiger charge is 2.51. The SMILES string of the molecule is CNOC(=O)NC12CC3CC(CC(C3)C1)C2. The fourth-order valence-electron chi connectivity index (χ4n) is 4.60. The van der Waals surface area contributed by atoms with Crippen LogP contribution >= 0.6 is 0 Å². The fourth-order valence-corrected chi connectivity index (χ4v) is 4.60. The Morgan fingerprint density at radius 1 is 1.12 bits per heavy atom. The predicted octanol–water partition coefficient (Wildman–Crippen LogP) is 1.82. The van der Waals surface area contributed by atoms with Crippen LogP contribution in [-0.4, -0.2) is 18.7 Å². The van der Waals surface area contributed by atoms with Crippen molar-refractivity contribution < 1.29 is 9.63 Å². The molecule has 0 atom stereocenters. The maximum Gasteiger partial charge on any atom is 0.426 e. The van der Waals surface area contributed by atoms with Crippen molar-refractivity contribution in [2.75, 3.05) is 7.05 Å². The van der Waals surface area contributed by atoms with Gasteiger partial charge < -0.3 is 10.2 Å². The molecule has 4 nitrogen and oxygen atoms in total. The van der Waals surface area contributed by atoms with Crippen molar-refractivity contribution >= 4 is 6.09 Å². The van der Waals surface area contributed by atoms with Crippen molar-refractivity contribution in [2.24, 2.45) is 17.8 Å². The van der Waals surface area contributed by atoms with Crippen molar-refractivity contribution in [3.8, 4) is 0 Å². The average Bonchev–Trinajstić information content (AvgIpc) is 2.13. The van der Waals surface area contributed by atoms with Gasteiger partial charge in [0.25, 0.3) is 0 Å². The Labute approximate surface area is 96.1 Å². The van der Waals surface area contributed by atoms with E-state index in [0.717, 1.165) is 17.8 Å². The molecule has 2 N–H and O–H groups in total. The van der Waals surface area contributed by atoms with Crippen molar-refractivity contribution in [1.82, 2.24) is 10.8 Å². The van der Waals surface area contributed by atoms with E-state index in [1.54, 1.807) is 7.05 Å². The molecule has 0 unspecified atom stereocenters. The lowest BCUT2D eigenvalue weighted by Crippen LogP contribution is -2.60. The monoisotopic (exact) mass is 224 g/mol. The van der Waals surface area contributed by atoms with Crippen molar-refractivity contribution in [3.05, 3.63) is 0 Å². The first kappa shape index (κ1) is 10.4. The van der Waals surface area contributed by atoms with Gasteiger partial charge in [-0.1, -0.05) is 0 Å². The van der Waals surface area contributed by atoms with Gasteiger partial charge >= 0.3 is 6.09 Å². The van der Waals surface area contributed by atoms with Crippen molar-refractivity contribution in [1.29, 1.82) is 0 Å². The zero-order valence-electron chi connectivity index (χ0n) is 9.79. The molecule has 0 aliphatic heterocycles. The minimum atomic E-state index is -0.315. The second-order valence-electron chi connectivity index (χ2n) is 5.92. The highest BCUT2D eigenvalue weighted by molar-refractivity contribution is 5.68. The van der Waals surface area contributed by atoms with E-state index in [4.69, 9.17) is 4.84 Å². The first-order valence-corrected chi connectivity index (χ1v) is 6.35. The zero-order chi connectivity index (χ0) is 11.2. The summed E-state index contributed by atoms with van der Waals surface area (Å²) in [6.07, 6.45) is 7.35. The quantitative estimate of drug-likeness (QED) is 0.703. The highest BCUT2D eigenvalue weighted by Crippen LogP contribution is 2.55. The maximum absolute atomic E-state index is 11.5. The Bertz CT molecular complexity index is 268. The Morgan fingerprint density at radius 3 is 2.06 bits per heavy atom. The van der Waals surface area contributed by atoms with Gasteiger partial charge in [0.05, 0.1) is 0 Å². The molecular weight excluding hydrogens is 204 g/mol. The molecule has 16 heavy (non-hydrogen) atoms. The number of hydrogen-bond donors (Lipinski definition) is 2. The van der Waals surface area contributed by atoms with E-state index in [1.165, 1.54) is 38.5 Å². The van der Waals surface area contributed by atoms with Gasteiger partial charge in [0.15, 0.2) is 0 Å². The van der Waals surface area contributed by atoms with Crippen LogP contribution in [-0.2, 0) is 4.84 Å². The molecule has 0 heterocycles. The summed E-state index contributed by atoms with van der Waals surface area (Å²) in [6, 6.07) is 0. The maximum atomic E-state index is 11.5. The Morgan fingerprint density at radius 2 is 1.62 bits per heavy atom. The number of rotatable bonds is 2. The molecule has 4 heteroatoms. The molecule has 0 radical (unpaired) electrons. The molecule has 4 saturated carbocycles. The second kappa shape index (κ2) is 3.62. The number of nitrogens with one attached hydrogen (secondary N) is 2. The third-order valence-corrected chi connectivity index (χ3v) is 4.60.